The summed E-state index contributed by atoms with van der Waals surface area (Å²) in [4.78, 5) is 11.8. The smallest absolute Gasteiger partial charge is 0.184 e. The van der Waals surface area contributed by atoms with Crippen molar-refractivity contribution >= 4 is 21.7 Å². The number of carbonyl (C=O) groups excluding carboxylic acids is 1. The molecule has 6 heteroatoms. The van der Waals surface area contributed by atoms with Gasteiger partial charge >= 0.3 is 0 Å². The van der Waals surface area contributed by atoms with Gasteiger partial charge in [-0.25, -0.2) is 9.07 Å². The maximum Gasteiger partial charge on any atom is 0.184 e. The van der Waals surface area contributed by atoms with E-state index in [0.29, 0.717) is 34.4 Å². The summed E-state index contributed by atoms with van der Waals surface area (Å²) in [6.45, 7) is 3.69. The lowest BCUT2D eigenvalue weighted by Gasteiger charge is -2.07. The summed E-state index contributed by atoms with van der Waals surface area (Å²) < 4.78 is 15.6. The van der Waals surface area contributed by atoms with Gasteiger partial charge in [-0.3, -0.25) is 4.79 Å². The molecule has 100 valence electrons. The van der Waals surface area contributed by atoms with Gasteiger partial charge in [0.2, 0.25) is 0 Å². The molecule has 4 nitrogen and oxygen atoms in total. The summed E-state index contributed by atoms with van der Waals surface area (Å²) in [6, 6.07) is 4.32. The van der Waals surface area contributed by atoms with Crippen LogP contribution >= 0.6 is 15.9 Å². The van der Waals surface area contributed by atoms with E-state index >= 15 is 0 Å². The normalized spacial score (nSPS) is 10.7. The van der Waals surface area contributed by atoms with Crippen molar-refractivity contribution in [1.82, 2.24) is 15.0 Å². The third kappa shape index (κ3) is 2.58. The van der Waals surface area contributed by atoms with Crippen molar-refractivity contribution < 1.29 is 9.18 Å². The van der Waals surface area contributed by atoms with Gasteiger partial charge in [0.15, 0.2) is 11.5 Å². The number of hydrogen-bond donors (Lipinski definition) is 0. The van der Waals surface area contributed by atoms with Crippen molar-refractivity contribution in [3.05, 3.63) is 39.9 Å². The molecule has 0 aliphatic rings. The molecule has 0 atom stereocenters. The topological polar surface area (TPSA) is 47.8 Å². The van der Waals surface area contributed by atoms with E-state index in [1.165, 1.54) is 16.8 Å². The van der Waals surface area contributed by atoms with Crippen molar-refractivity contribution in [3.8, 4) is 5.69 Å². The Hall–Kier alpha value is -1.56. The summed E-state index contributed by atoms with van der Waals surface area (Å²) in [7, 11) is 0. The largest absolute Gasteiger partial charge is 0.292 e. The SMILES string of the molecule is CCC(=O)c1nnn(-c2cc(F)ccc2Br)c1CC. The summed E-state index contributed by atoms with van der Waals surface area (Å²) in [6.07, 6.45) is 0.965. The van der Waals surface area contributed by atoms with Gasteiger partial charge in [-0.15, -0.1) is 5.10 Å². The molecule has 0 N–H and O–H groups in total. The van der Waals surface area contributed by atoms with E-state index in [0.717, 1.165) is 0 Å². The maximum atomic E-state index is 13.4. The molecule has 0 bridgehead atoms. The first-order chi connectivity index (χ1) is 9.08. The van der Waals surface area contributed by atoms with Gasteiger partial charge < -0.3 is 0 Å². The van der Waals surface area contributed by atoms with Gasteiger partial charge in [-0.05, 0) is 34.5 Å². The van der Waals surface area contributed by atoms with Crippen LogP contribution in [0.3, 0.4) is 0 Å². The highest BCUT2D eigenvalue weighted by Gasteiger charge is 2.19. The van der Waals surface area contributed by atoms with Crippen LogP contribution in [0.2, 0.25) is 0 Å². The second-order valence-electron chi connectivity index (χ2n) is 4.02. The fraction of sp³-hybridized carbons (Fsp3) is 0.308. The number of halogens is 2. The molecule has 0 aliphatic heterocycles. The first-order valence-electron chi connectivity index (χ1n) is 6.01. The van der Waals surface area contributed by atoms with E-state index in [1.54, 1.807) is 13.0 Å². The van der Waals surface area contributed by atoms with Crippen molar-refractivity contribution in [2.75, 3.05) is 0 Å². The number of carbonyl (C=O) groups is 1. The van der Waals surface area contributed by atoms with Crippen molar-refractivity contribution in [1.29, 1.82) is 0 Å². The fourth-order valence-electron chi connectivity index (χ4n) is 1.84. The van der Waals surface area contributed by atoms with E-state index in [-0.39, 0.29) is 11.6 Å². The Morgan fingerprint density at radius 2 is 2.16 bits per heavy atom. The summed E-state index contributed by atoms with van der Waals surface area (Å²) in [5.74, 6) is -0.422. The van der Waals surface area contributed by atoms with Crippen LogP contribution in [-0.2, 0) is 6.42 Å². The van der Waals surface area contributed by atoms with Crippen molar-refractivity contribution in [3.63, 3.8) is 0 Å². The summed E-state index contributed by atoms with van der Waals surface area (Å²) in [5.41, 5.74) is 1.60. The average molecular weight is 326 g/mol. The first-order valence-corrected chi connectivity index (χ1v) is 6.81. The Bertz CT molecular complexity index is 624. The number of aromatic nitrogens is 3. The van der Waals surface area contributed by atoms with Crippen LogP contribution in [-0.4, -0.2) is 20.8 Å². The molecular formula is C13H13BrFN3O. The van der Waals surface area contributed by atoms with Crippen molar-refractivity contribution in [2.24, 2.45) is 0 Å². The minimum absolute atomic E-state index is 0.0596. The van der Waals surface area contributed by atoms with E-state index in [1.807, 2.05) is 6.92 Å². The molecule has 0 radical (unpaired) electrons. The van der Waals surface area contributed by atoms with Gasteiger partial charge in [0.25, 0.3) is 0 Å². The Balaban J connectivity index is 2.60. The third-order valence-corrected chi connectivity index (χ3v) is 3.49. The Kier molecular flexibility index (Phi) is 4.09. The molecule has 1 heterocycles. The second kappa shape index (κ2) is 5.61. The molecule has 2 rings (SSSR count). The van der Waals surface area contributed by atoms with Crippen LogP contribution in [0.15, 0.2) is 22.7 Å². The molecular weight excluding hydrogens is 313 g/mol. The highest BCUT2D eigenvalue weighted by Crippen LogP contribution is 2.24. The van der Waals surface area contributed by atoms with E-state index in [4.69, 9.17) is 0 Å². The standard InChI is InChI=1S/C13H13BrFN3O/c1-3-10-13(12(19)4-2)16-17-18(10)11-7-8(15)5-6-9(11)14/h5-7H,3-4H2,1-2H3. The van der Waals surface area contributed by atoms with Crippen LogP contribution in [0, 0.1) is 5.82 Å². The monoisotopic (exact) mass is 325 g/mol. The molecule has 0 spiro atoms. The van der Waals surface area contributed by atoms with E-state index in [2.05, 4.69) is 26.2 Å². The first kappa shape index (κ1) is 13.9. The van der Waals surface area contributed by atoms with Gasteiger partial charge in [-0.2, -0.15) is 0 Å². The minimum Gasteiger partial charge on any atom is -0.292 e. The molecule has 0 saturated carbocycles. The molecule has 0 saturated heterocycles. The van der Waals surface area contributed by atoms with Gasteiger partial charge in [0, 0.05) is 17.0 Å². The Morgan fingerprint density at radius 1 is 1.42 bits per heavy atom. The Labute approximate surface area is 118 Å². The average Bonchev–Trinajstić information content (AvgIpc) is 2.84. The van der Waals surface area contributed by atoms with E-state index in [9.17, 15) is 9.18 Å². The van der Waals surface area contributed by atoms with Gasteiger partial charge in [-0.1, -0.05) is 19.1 Å². The number of nitrogens with zero attached hydrogens (tertiary/aromatic N) is 3. The predicted molar refractivity (Wildman–Crippen MR) is 73.0 cm³/mol. The predicted octanol–water partition coefficient (Wildman–Crippen LogP) is 3.32. The second-order valence-corrected chi connectivity index (χ2v) is 4.88. The zero-order chi connectivity index (χ0) is 14.0. The molecule has 0 unspecified atom stereocenters. The Morgan fingerprint density at radius 3 is 2.79 bits per heavy atom. The van der Waals surface area contributed by atoms with Crippen LogP contribution in [0.1, 0.15) is 36.5 Å². The number of rotatable bonds is 4. The highest BCUT2D eigenvalue weighted by atomic mass is 79.9. The summed E-state index contributed by atoms with van der Waals surface area (Å²) in [5, 5.41) is 7.90. The van der Waals surface area contributed by atoms with Gasteiger partial charge in [0.05, 0.1) is 11.4 Å². The highest BCUT2D eigenvalue weighted by molar-refractivity contribution is 9.10. The lowest BCUT2D eigenvalue weighted by atomic mass is 10.1. The molecule has 2 aromatic rings. The van der Waals surface area contributed by atoms with Crippen LogP contribution in [0.5, 0.6) is 0 Å². The van der Waals surface area contributed by atoms with Crippen LogP contribution in [0.4, 0.5) is 4.39 Å². The van der Waals surface area contributed by atoms with Crippen LogP contribution < -0.4 is 0 Å². The molecule has 1 aromatic heterocycles. The number of benzene rings is 1. The number of ketones is 1. The van der Waals surface area contributed by atoms with Gasteiger partial charge in [0.1, 0.15) is 5.82 Å². The molecule has 1 aromatic carbocycles. The molecule has 0 amide bonds. The zero-order valence-corrected chi connectivity index (χ0v) is 12.2. The van der Waals surface area contributed by atoms with Crippen molar-refractivity contribution in [2.45, 2.75) is 26.7 Å². The minimum atomic E-state index is -0.362. The quantitative estimate of drug-likeness (QED) is 0.810. The lowest BCUT2D eigenvalue weighted by Crippen LogP contribution is -2.06. The molecule has 0 fully saturated rings. The lowest BCUT2D eigenvalue weighted by molar-refractivity contribution is 0.0982. The maximum absolute atomic E-state index is 13.4. The summed E-state index contributed by atoms with van der Waals surface area (Å²) >= 11 is 3.35. The molecule has 19 heavy (non-hydrogen) atoms. The number of hydrogen-bond acceptors (Lipinski definition) is 3. The zero-order valence-electron chi connectivity index (χ0n) is 10.7. The molecule has 0 aliphatic carbocycles. The van der Waals surface area contributed by atoms with E-state index < -0.39 is 0 Å². The van der Waals surface area contributed by atoms with Crippen LogP contribution in [0.25, 0.3) is 5.69 Å². The number of Topliss-reactive ketones (excluding diaryl/α,β-unsaturated/α-hetero) is 1. The third-order valence-electron chi connectivity index (χ3n) is 2.82. The fourth-order valence-corrected chi connectivity index (χ4v) is 2.26.